The van der Waals surface area contributed by atoms with Gasteiger partial charge in [-0.2, -0.15) is 0 Å². The van der Waals surface area contributed by atoms with Crippen LogP contribution in [-0.4, -0.2) is 32.6 Å². The Balaban J connectivity index is 2.33. The van der Waals surface area contributed by atoms with E-state index in [9.17, 15) is 13.2 Å². The van der Waals surface area contributed by atoms with Gasteiger partial charge in [-0.15, -0.1) is 0 Å². The Hall–Kier alpha value is -1.86. The second-order valence-corrected chi connectivity index (χ2v) is 6.87. The zero-order chi connectivity index (χ0) is 16.2. The van der Waals surface area contributed by atoms with Crippen LogP contribution in [0.25, 0.3) is 6.08 Å². The van der Waals surface area contributed by atoms with Crippen molar-refractivity contribution in [1.82, 2.24) is 4.72 Å². The normalized spacial score (nSPS) is 16.2. The van der Waals surface area contributed by atoms with Crippen LogP contribution in [0, 0.1) is 0 Å². The molecule has 0 radical (unpaired) electrons. The van der Waals surface area contributed by atoms with Crippen LogP contribution in [0.15, 0.2) is 29.2 Å². The minimum Gasteiger partial charge on any atom is -0.495 e. The summed E-state index contributed by atoms with van der Waals surface area (Å²) < 4.78 is 32.9. The van der Waals surface area contributed by atoms with Crippen molar-refractivity contribution in [2.75, 3.05) is 7.11 Å². The Kier molecular flexibility index (Phi) is 5.20. The van der Waals surface area contributed by atoms with Crippen LogP contribution in [-0.2, 0) is 14.8 Å². The maximum Gasteiger partial charge on any atom is 0.328 e. The van der Waals surface area contributed by atoms with Gasteiger partial charge in [0, 0.05) is 12.1 Å². The van der Waals surface area contributed by atoms with Gasteiger partial charge in [0.1, 0.15) is 10.6 Å². The number of nitrogens with one attached hydrogen (secondary N) is 1. The van der Waals surface area contributed by atoms with Crippen LogP contribution in [0.1, 0.15) is 31.2 Å². The van der Waals surface area contributed by atoms with Gasteiger partial charge >= 0.3 is 5.97 Å². The molecule has 0 unspecified atom stereocenters. The predicted octanol–water partition coefficient (Wildman–Crippen LogP) is 2.01. The number of carboxylic acids is 1. The number of methoxy groups -OCH3 is 1. The summed E-state index contributed by atoms with van der Waals surface area (Å²) in [6.07, 6.45) is 6.01. The molecule has 0 spiro atoms. The highest BCUT2D eigenvalue weighted by Crippen LogP contribution is 2.27. The molecule has 2 N–H and O–H groups in total. The highest BCUT2D eigenvalue weighted by Gasteiger charge is 2.25. The number of benzene rings is 1. The summed E-state index contributed by atoms with van der Waals surface area (Å²) in [6.45, 7) is 0. The number of hydrogen-bond acceptors (Lipinski definition) is 4. The van der Waals surface area contributed by atoms with Gasteiger partial charge in [-0.05, 0) is 36.6 Å². The van der Waals surface area contributed by atoms with Crippen molar-refractivity contribution in [2.45, 2.75) is 36.6 Å². The van der Waals surface area contributed by atoms with Gasteiger partial charge in [0.2, 0.25) is 10.0 Å². The molecular weight excluding hydrogens is 306 g/mol. The lowest BCUT2D eigenvalue weighted by Gasteiger charge is -2.15. The number of ether oxygens (including phenoxy) is 1. The van der Waals surface area contributed by atoms with Crippen molar-refractivity contribution in [1.29, 1.82) is 0 Å². The van der Waals surface area contributed by atoms with Crippen LogP contribution in [0.4, 0.5) is 0 Å². The van der Waals surface area contributed by atoms with Crippen LogP contribution in [0.2, 0.25) is 0 Å². The summed E-state index contributed by atoms with van der Waals surface area (Å²) in [7, 11) is -2.30. The van der Waals surface area contributed by atoms with Gasteiger partial charge < -0.3 is 9.84 Å². The molecule has 1 saturated carbocycles. The maximum absolute atomic E-state index is 12.5. The minimum atomic E-state index is -3.70. The molecule has 1 aliphatic carbocycles. The highest BCUT2D eigenvalue weighted by molar-refractivity contribution is 7.89. The third-order valence-corrected chi connectivity index (χ3v) is 5.11. The molecule has 7 heteroatoms. The molecule has 0 bridgehead atoms. The van der Waals surface area contributed by atoms with Crippen molar-refractivity contribution in [3.05, 3.63) is 29.8 Å². The fraction of sp³-hybridized carbons (Fsp3) is 0.400. The summed E-state index contributed by atoms with van der Waals surface area (Å²) in [5, 5.41) is 8.65. The molecule has 6 nitrogen and oxygen atoms in total. The zero-order valence-corrected chi connectivity index (χ0v) is 13.1. The van der Waals surface area contributed by atoms with Crippen LogP contribution < -0.4 is 9.46 Å². The highest BCUT2D eigenvalue weighted by atomic mass is 32.2. The number of rotatable bonds is 6. The summed E-state index contributed by atoms with van der Waals surface area (Å²) in [5.41, 5.74) is 0.481. The van der Waals surface area contributed by atoms with Crippen LogP contribution in [0.3, 0.4) is 0 Å². The topological polar surface area (TPSA) is 92.7 Å². The van der Waals surface area contributed by atoms with E-state index in [1.165, 1.54) is 25.3 Å². The van der Waals surface area contributed by atoms with Crippen LogP contribution >= 0.6 is 0 Å². The average Bonchev–Trinajstić information content (AvgIpc) is 2.97. The SMILES string of the molecule is COc1ccc(/C=C/C(=O)O)cc1S(=O)(=O)NC1CCCC1. The first-order chi connectivity index (χ1) is 10.4. The van der Waals surface area contributed by atoms with Gasteiger partial charge in [0.25, 0.3) is 0 Å². The number of sulfonamides is 1. The lowest BCUT2D eigenvalue weighted by molar-refractivity contribution is -0.131. The minimum absolute atomic E-state index is 0.0226. The molecule has 2 rings (SSSR count). The van der Waals surface area contributed by atoms with Gasteiger partial charge in [-0.1, -0.05) is 18.9 Å². The average molecular weight is 325 g/mol. The van der Waals surface area contributed by atoms with E-state index in [-0.39, 0.29) is 16.7 Å². The molecule has 1 fully saturated rings. The standard InChI is InChI=1S/C15H19NO5S/c1-21-13-8-6-11(7-9-15(17)18)10-14(13)22(19,20)16-12-4-2-3-5-12/h6-10,12,16H,2-5H2,1H3,(H,17,18)/b9-7+. The van der Waals surface area contributed by atoms with E-state index in [2.05, 4.69) is 4.72 Å². The van der Waals surface area contributed by atoms with Gasteiger partial charge in [0.15, 0.2) is 0 Å². The molecule has 0 aliphatic heterocycles. The molecule has 0 heterocycles. The first-order valence-electron chi connectivity index (χ1n) is 7.04. The van der Waals surface area contributed by atoms with E-state index >= 15 is 0 Å². The maximum atomic E-state index is 12.5. The first-order valence-corrected chi connectivity index (χ1v) is 8.52. The predicted molar refractivity (Wildman–Crippen MR) is 82.2 cm³/mol. The van der Waals surface area contributed by atoms with Crippen molar-refractivity contribution in [3.63, 3.8) is 0 Å². The lowest BCUT2D eigenvalue weighted by Crippen LogP contribution is -2.32. The second kappa shape index (κ2) is 6.93. The van der Waals surface area contributed by atoms with E-state index in [4.69, 9.17) is 9.84 Å². The molecule has 1 aliphatic rings. The summed E-state index contributed by atoms with van der Waals surface area (Å²) in [6, 6.07) is 4.49. The summed E-state index contributed by atoms with van der Waals surface area (Å²) in [5.74, 6) is -0.859. The number of carbonyl (C=O) groups is 1. The Morgan fingerprint density at radius 2 is 2.05 bits per heavy atom. The molecule has 0 atom stereocenters. The summed E-state index contributed by atoms with van der Waals surface area (Å²) in [4.78, 5) is 10.6. The smallest absolute Gasteiger partial charge is 0.328 e. The Bertz CT molecular complexity index is 675. The molecular formula is C15H19NO5S. The van der Waals surface area contributed by atoms with Crippen molar-refractivity contribution < 1.29 is 23.1 Å². The van der Waals surface area contributed by atoms with E-state index in [1.54, 1.807) is 6.07 Å². The molecule has 22 heavy (non-hydrogen) atoms. The van der Waals surface area contributed by atoms with Gasteiger partial charge in [0.05, 0.1) is 7.11 Å². The first kappa shape index (κ1) is 16.5. The van der Waals surface area contributed by atoms with Crippen molar-refractivity contribution >= 4 is 22.1 Å². The Labute approximate surface area is 129 Å². The van der Waals surface area contributed by atoms with Gasteiger partial charge in [-0.3, -0.25) is 0 Å². The quantitative estimate of drug-likeness (QED) is 0.781. The summed E-state index contributed by atoms with van der Waals surface area (Å²) >= 11 is 0. The Morgan fingerprint density at radius 1 is 1.36 bits per heavy atom. The van der Waals surface area contributed by atoms with E-state index in [0.29, 0.717) is 5.56 Å². The third kappa shape index (κ3) is 4.08. The number of carboxylic acid groups (broad SMARTS) is 1. The number of aliphatic carboxylic acids is 1. The zero-order valence-electron chi connectivity index (χ0n) is 12.3. The monoisotopic (exact) mass is 325 g/mol. The van der Waals surface area contributed by atoms with Crippen molar-refractivity contribution in [3.8, 4) is 5.75 Å². The second-order valence-electron chi connectivity index (χ2n) is 5.18. The fourth-order valence-corrected chi connectivity index (χ4v) is 4.01. The van der Waals surface area contributed by atoms with Crippen LogP contribution in [0.5, 0.6) is 5.75 Å². The largest absolute Gasteiger partial charge is 0.495 e. The molecule has 0 amide bonds. The molecule has 0 saturated heterocycles. The van der Waals surface area contributed by atoms with Gasteiger partial charge in [-0.25, -0.2) is 17.9 Å². The van der Waals surface area contributed by atoms with E-state index in [1.807, 2.05) is 0 Å². The molecule has 0 aromatic heterocycles. The molecule has 120 valence electrons. The van der Waals surface area contributed by atoms with E-state index in [0.717, 1.165) is 31.8 Å². The Morgan fingerprint density at radius 3 is 2.64 bits per heavy atom. The number of hydrogen-bond donors (Lipinski definition) is 2. The van der Waals surface area contributed by atoms with E-state index < -0.39 is 16.0 Å². The lowest BCUT2D eigenvalue weighted by atomic mass is 10.2. The molecule has 1 aromatic carbocycles. The molecule has 1 aromatic rings. The van der Waals surface area contributed by atoms with Crippen molar-refractivity contribution in [2.24, 2.45) is 0 Å². The fourth-order valence-electron chi connectivity index (χ4n) is 2.50. The third-order valence-electron chi connectivity index (χ3n) is 3.57.